The van der Waals surface area contributed by atoms with E-state index >= 15 is 0 Å². The van der Waals surface area contributed by atoms with Crippen LogP contribution >= 0.6 is 11.3 Å². The minimum absolute atomic E-state index is 0.0387. The fourth-order valence-corrected chi connectivity index (χ4v) is 2.38. The lowest BCUT2D eigenvalue weighted by atomic mass is 10.1. The van der Waals surface area contributed by atoms with Crippen molar-refractivity contribution in [3.05, 3.63) is 18.2 Å². The van der Waals surface area contributed by atoms with Gasteiger partial charge in [0.1, 0.15) is 0 Å². The van der Waals surface area contributed by atoms with Crippen molar-refractivity contribution in [2.45, 2.75) is 20.3 Å². The topological polar surface area (TPSA) is 68.0 Å². The lowest BCUT2D eigenvalue weighted by Gasteiger charge is -2.06. The Labute approximate surface area is 104 Å². The number of carbonyl (C=O) groups excluding carboxylic acids is 1. The first kappa shape index (κ1) is 11.9. The molecule has 1 heterocycles. The number of nitrogen functional groups attached to an aromatic ring is 1. The Kier molecular flexibility index (Phi) is 3.28. The average Bonchev–Trinajstić information content (AvgIpc) is 2.55. The van der Waals surface area contributed by atoms with Gasteiger partial charge in [-0.1, -0.05) is 25.2 Å². The van der Waals surface area contributed by atoms with Crippen LogP contribution in [0.1, 0.15) is 20.3 Å². The van der Waals surface area contributed by atoms with Gasteiger partial charge in [-0.25, -0.2) is 4.98 Å². The number of rotatable bonds is 3. The number of benzene rings is 1. The second kappa shape index (κ2) is 4.71. The van der Waals surface area contributed by atoms with E-state index in [9.17, 15) is 4.79 Å². The van der Waals surface area contributed by atoms with E-state index in [-0.39, 0.29) is 5.91 Å². The third-order valence-corrected chi connectivity index (χ3v) is 3.13. The van der Waals surface area contributed by atoms with Crippen LogP contribution in [0.4, 0.5) is 10.8 Å². The van der Waals surface area contributed by atoms with Crippen molar-refractivity contribution in [1.82, 2.24) is 4.98 Å². The van der Waals surface area contributed by atoms with E-state index < -0.39 is 0 Å². The number of nitrogens with one attached hydrogen (secondary N) is 1. The van der Waals surface area contributed by atoms with Gasteiger partial charge in [0.2, 0.25) is 5.91 Å². The second-order valence-electron chi connectivity index (χ2n) is 4.38. The lowest BCUT2D eigenvalue weighted by Crippen LogP contribution is -2.13. The van der Waals surface area contributed by atoms with Crippen LogP contribution in [0.15, 0.2) is 18.2 Å². The maximum absolute atomic E-state index is 11.6. The van der Waals surface area contributed by atoms with E-state index in [1.165, 1.54) is 11.3 Å². The summed E-state index contributed by atoms with van der Waals surface area (Å²) >= 11 is 1.42. The molecule has 0 bridgehead atoms. The molecule has 5 heteroatoms. The molecule has 0 radical (unpaired) electrons. The molecule has 0 saturated carbocycles. The fourth-order valence-electron chi connectivity index (χ4n) is 1.60. The van der Waals surface area contributed by atoms with Crippen LogP contribution in [0.25, 0.3) is 10.2 Å². The van der Waals surface area contributed by atoms with Crippen LogP contribution < -0.4 is 11.1 Å². The SMILES string of the molecule is CC(C)CC(=O)Nc1ccc2nc(N)sc2c1. The third-order valence-electron chi connectivity index (χ3n) is 2.28. The molecule has 17 heavy (non-hydrogen) atoms. The molecule has 3 N–H and O–H groups in total. The monoisotopic (exact) mass is 249 g/mol. The molecule has 0 fully saturated rings. The molecule has 0 unspecified atom stereocenters. The van der Waals surface area contributed by atoms with Crippen molar-refractivity contribution < 1.29 is 4.79 Å². The van der Waals surface area contributed by atoms with Crippen molar-refractivity contribution in [2.24, 2.45) is 5.92 Å². The summed E-state index contributed by atoms with van der Waals surface area (Å²) in [5.74, 6) is 0.398. The summed E-state index contributed by atoms with van der Waals surface area (Å²) in [6, 6.07) is 5.62. The molecular weight excluding hydrogens is 234 g/mol. The van der Waals surface area contributed by atoms with Gasteiger partial charge in [-0.3, -0.25) is 4.79 Å². The highest BCUT2D eigenvalue weighted by Crippen LogP contribution is 2.26. The van der Waals surface area contributed by atoms with E-state index in [1.54, 1.807) is 0 Å². The summed E-state index contributed by atoms with van der Waals surface area (Å²) in [6.07, 6.45) is 0.531. The summed E-state index contributed by atoms with van der Waals surface area (Å²) in [5, 5.41) is 3.42. The summed E-state index contributed by atoms with van der Waals surface area (Å²) in [7, 11) is 0. The number of aromatic nitrogens is 1. The van der Waals surface area contributed by atoms with Crippen LogP contribution in [-0.2, 0) is 4.79 Å². The zero-order valence-corrected chi connectivity index (χ0v) is 10.7. The molecule has 0 atom stereocenters. The van der Waals surface area contributed by atoms with Gasteiger partial charge in [0, 0.05) is 12.1 Å². The summed E-state index contributed by atoms with van der Waals surface area (Å²) in [5.41, 5.74) is 7.30. The van der Waals surface area contributed by atoms with Gasteiger partial charge < -0.3 is 11.1 Å². The van der Waals surface area contributed by atoms with Gasteiger partial charge >= 0.3 is 0 Å². The number of amides is 1. The number of fused-ring (bicyclic) bond motifs is 1. The molecule has 0 aliphatic carbocycles. The average molecular weight is 249 g/mol. The Morgan fingerprint density at radius 2 is 2.29 bits per heavy atom. The van der Waals surface area contributed by atoms with E-state index in [0.717, 1.165) is 15.9 Å². The first-order chi connectivity index (χ1) is 8.04. The minimum Gasteiger partial charge on any atom is -0.375 e. The van der Waals surface area contributed by atoms with Crippen LogP contribution in [0.5, 0.6) is 0 Å². The van der Waals surface area contributed by atoms with Gasteiger partial charge in [-0.05, 0) is 24.1 Å². The Morgan fingerprint density at radius 3 is 3.00 bits per heavy atom. The fraction of sp³-hybridized carbons (Fsp3) is 0.333. The zero-order valence-electron chi connectivity index (χ0n) is 9.86. The molecule has 0 aliphatic rings. The highest BCUT2D eigenvalue weighted by molar-refractivity contribution is 7.22. The van der Waals surface area contributed by atoms with Gasteiger partial charge in [0.05, 0.1) is 10.2 Å². The van der Waals surface area contributed by atoms with Gasteiger partial charge in [0.25, 0.3) is 0 Å². The maximum Gasteiger partial charge on any atom is 0.224 e. The Morgan fingerprint density at radius 1 is 1.53 bits per heavy atom. The summed E-state index contributed by atoms with van der Waals surface area (Å²) < 4.78 is 0.991. The minimum atomic E-state index is 0.0387. The molecule has 0 aliphatic heterocycles. The number of nitrogens with two attached hydrogens (primary N) is 1. The quantitative estimate of drug-likeness (QED) is 0.878. The van der Waals surface area contributed by atoms with E-state index in [0.29, 0.717) is 17.5 Å². The number of carbonyl (C=O) groups is 1. The molecule has 1 aromatic heterocycles. The number of nitrogens with zero attached hydrogens (tertiary/aromatic N) is 1. The van der Waals surface area contributed by atoms with Crippen molar-refractivity contribution >= 4 is 38.3 Å². The molecule has 1 aromatic carbocycles. The van der Waals surface area contributed by atoms with Crippen LogP contribution in [0.2, 0.25) is 0 Å². The molecular formula is C12H15N3OS. The molecule has 0 spiro atoms. The van der Waals surface area contributed by atoms with Gasteiger partial charge in [-0.2, -0.15) is 0 Å². The number of hydrogen-bond acceptors (Lipinski definition) is 4. The Bertz CT molecular complexity index is 548. The third kappa shape index (κ3) is 2.94. The Hall–Kier alpha value is -1.62. The highest BCUT2D eigenvalue weighted by Gasteiger charge is 2.07. The first-order valence-corrected chi connectivity index (χ1v) is 6.32. The van der Waals surface area contributed by atoms with E-state index in [1.807, 2.05) is 32.0 Å². The van der Waals surface area contributed by atoms with Crippen LogP contribution in [0, 0.1) is 5.92 Å². The molecule has 2 aromatic rings. The van der Waals surface area contributed by atoms with Gasteiger partial charge in [0.15, 0.2) is 5.13 Å². The lowest BCUT2D eigenvalue weighted by molar-refractivity contribution is -0.116. The van der Waals surface area contributed by atoms with E-state index in [2.05, 4.69) is 10.3 Å². The largest absolute Gasteiger partial charge is 0.375 e. The smallest absolute Gasteiger partial charge is 0.224 e. The molecule has 4 nitrogen and oxygen atoms in total. The first-order valence-electron chi connectivity index (χ1n) is 5.50. The standard InChI is InChI=1S/C12H15N3OS/c1-7(2)5-11(16)14-8-3-4-9-10(6-8)17-12(13)15-9/h3-4,6-7H,5H2,1-2H3,(H2,13,15)(H,14,16). The molecule has 1 amide bonds. The Balaban J connectivity index is 2.16. The summed E-state index contributed by atoms with van der Waals surface area (Å²) in [6.45, 7) is 4.04. The van der Waals surface area contributed by atoms with Crippen LogP contribution in [-0.4, -0.2) is 10.9 Å². The zero-order chi connectivity index (χ0) is 12.4. The molecule has 0 saturated heterocycles. The second-order valence-corrected chi connectivity index (χ2v) is 5.44. The predicted molar refractivity (Wildman–Crippen MR) is 72.1 cm³/mol. The van der Waals surface area contributed by atoms with Crippen molar-refractivity contribution in [3.8, 4) is 0 Å². The van der Waals surface area contributed by atoms with E-state index in [4.69, 9.17) is 5.73 Å². The molecule has 2 rings (SSSR count). The van der Waals surface area contributed by atoms with Crippen LogP contribution in [0.3, 0.4) is 0 Å². The number of hydrogen-bond donors (Lipinski definition) is 2. The number of thiazole rings is 1. The maximum atomic E-state index is 11.6. The summed E-state index contributed by atoms with van der Waals surface area (Å²) in [4.78, 5) is 15.8. The molecule has 90 valence electrons. The van der Waals surface area contributed by atoms with Crippen molar-refractivity contribution in [1.29, 1.82) is 0 Å². The van der Waals surface area contributed by atoms with Crippen molar-refractivity contribution in [3.63, 3.8) is 0 Å². The number of anilines is 2. The van der Waals surface area contributed by atoms with Crippen molar-refractivity contribution in [2.75, 3.05) is 11.1 Å². The highest BCUT2D eigenvalue weighted by atomic mass is 32.1. The normalized spacial score (nSPS) is 11.0. The predicted octanol–water partition coefficient (Wildman–Crippen LogP) is 2.86. The van der Waals surface area contributed by atoms with Gasteiger partial charge in [-0.15, -0.1) is 0 Å².